The highest BCUT2D eigenvalue weighted by molar-refractivity contribution is 7.90. The number of rotatable bonds is 11. The maximum Gasteiger partial charge on any atom is 0.335 e. The van der Waals surface area contributed by atoms with E-state index in [0.717, 1.165) is 6.26 Å². The molecule has 0 atom stereocenters. The molecule has 1 aromatic carbocycles. The van der Waals surface area contributed by atoms with E-state index in [1.165, 1.54) is 0 Å². The van der Waals surface area contributed by atoms with Gasteiger partial charge in [-0.2, -0.15) is 0 Å². The molecule has 0 aliphatic heterocycles. The van der Waals surface area contributed by atoms with Crippen LogP contribution in [0.3, 0.4) is 0 Å². The highest BCUT2D eigenvalue weighted by Gasteiger charge is 2.17. The number of aliphatic carboxylic acids is 1. The van der Waals surface area contributed by atoms with E-state index >= 15 is 0 Å². The van der Waals surface area contributed by atoms with Gasteiger partial charge in [0.1, 0.15) is 19.0 Å². The Morgan fingerprint density at radius 2 is 1.73 bits per heavy atom. The highest BCUT2D eigenvalue weighted by Crippen LogP contribution is 2.22. The zero-order valence-electron chi connectivity index (χ0n) is 14.0. The molecule has 0 aliphatic rings. The number of sulfone groups is 1. The van der Waals surface area contributed by atoms with Gasteiger partial charge in [-0.25, -0.2) is 13.2 Å². The van der Waals surface area contributed by atoms with E-state index in [2.05, 4.69) is 10.2 Å². The lowest BCUT2D eigenvalue weighted by molar-refractivity contribution is -0.142. The Kier molecular flexibility index (Phi) is 7.06. The summed E-state index contributed by atoms with van der Waals surface area (Å²) in [4.78, 5) is 10.2. The second kappa shape index (κ2) is 9.27. The number of benzene rings is 1. The topological polar surface area (TPSA) is 138 Å². The Hall–Kier alpha value is -2.50. The van der Waals surface area contributed by atoms with Gasteiger partial charge in [0.25, 0.3) is 0 Å². The summed E-state index contributed by atoms with van der Waals surface area (Å²) in [7, 11) is -3.54. The number of nitrogens with zero attached hydrogens (tertiary/aromatic N) is 2. The zero-order valence-corrected chi connectivity index (χ0v) is 14.8. The molecule has 2 rings (SSSR count). The van der Waals surface area contributed by atoms with E-state index in [-0.39, 0.29) is 25.7 Å². The Balaban J connectivity index is 1.72. The van der Waals surface area contributed by atoms with Crippen molar-refractivity contribution in [3.8, 4) is 17.2 Å². The summed E-state index contributed by atoms with van der Waals surface area (Å²) in [6.07, 6.45) is 0.988. The lowest BCUT2D eigenvalue weighted by atomic mass is 10.2. The minimum Gasteiger partial charge on any atom is -0.491 e. The largest absolute Gasteiger partial charge is 0.491 e. The van der Waals surface area contributed by atoms with Crippen LogP contribution < -0.4 is 4.74 Å². The van der Waals surface area contributed by atoms with Crippen molar-refractivity contribution < 1.29 is 36.9 Å². The van der Waals surface area contributed by atoms with Gasteiger partial charge < -0.3 is 23.7 Å². The van der Waals surface area contributed by atoms with Crippen molar-refractivity contribution in [2.45, 2.75) is 5.22 Å². The van der Waals surface area contributed by atoms with Crippen molar-refractivity contribution in [3.63, 3.8) is 0 Å². The summed E-state index contributed by atoms with van der Waals surface area (Å²) in [5.74, 6) is -0.339. The van der Waals surface area contributed by atoms with Gasteiger partial charge in [-0.05, 0) is 24.3 Å². The van der Waals surface area contributed by atoms with Gasteiger partial charge in [0.15, 0.2) is 0 Å². The first kappa shape index (κ1) is 19.8. The van der Waals surface area contributed by atoms with Crippen LogP contribution in [0.2, 0.25) is 0 Å². The summed E-state index contributed by atoms with van der Waals surface area (Å²) in [6, 6.07) is 6.68. The molecule has 1 N–H and O–H groups in total. The highest BCUT2D eigenvalue weighted by atomic mass is 32.2. The first-order chi connectivity index (χ1) is 12.4. The van der Waals surface area contributed by atoms with Crippen molar-refractivity contribution in [3.05, 3.63) is 24.3 Å². The average molecular weight is 386 g/mol. The van der Waals surface area contributed by atoms with Gasteiger partial charge in [0.05, 0.1) is 19.8 Å². The van der Waals surface area contributed by atoms with E-state index in [1.54, 1.807) is 24.3 Å². The summed E-state index contributed by atoms with van der Waals surface area (Å²) in [6.45, 7) is 0.741. The van der Waals surface area contributed by atoms with Crippen LogP contribution in [0, 0.1) is 0 Å². The summed E-state index contributed by atoms with van der Waals surface area (Å²) >= 11 is 0. The standard InChI is InChI=1S/C15H18N2O8S/c1-26(20,21)15-17-16-14(25-15)11-2-4-12(5-3-11)24-9-8-22-6-7-23-10-13(18)19/h2-5H,6-10H2,1H3,(H,18,19). The van der Waals surface area contributed by atoms with Crippen LogP contribution in [0.25, 0.3) is 11.5 Å². The molecule has 0 saturated heterocycles. The smallest absolute Gasteiger partial charge is 0.335 e. The van der Waals surface area contributed by atoms with Crippen LogP contribution in [0.15, 0.2) is 33.9 Å². The molecule has 0 radical (unpaired) electrons. The molecule has 26 heavy (non-hydrogen) atoms. The van der Waals surface area contributed by atoms with Gasteiger partial charge in [-0.3, -0.25) is 0 Å². The van der Waals surface area contributed by atoms with E-state index in [4.69, 9.17) is 23.7 Å². The van der Waals surface area contributed by atoms with Crippen LogP contribution in [-0.4, -0.2) is 69.0 Å². The lowest BCUT2D eigenvalue weighted by Gasteiger charge is -2.07. The average Bonchev–Trinajstić information content (AvgIpc) is 3.08. The predicted molar refractivity (Wildman–Crippen MR) is 87.6 cm³/mol. The maximum atomic E-state index is 11.3. The predicted octanol–water partition coefficient (Wildman–Crippen LogP) is 0.637. The third-order valence-corrected chi connectivity index (χ3v) is 3.72. The number of aromatic nitrogens is 2. The van der Waals surface area contributed by atoms with Crippen molar-refractivity contribution in [2.75, 3.05) is 39.3 Å². The van der Waals surface area contributed by atoms with E-state index < -0.39 is 21.0 Å². The second-order valence-electron chi connectivity index (χ2n) is 5.08. The Morgan fingerprint density at radius 3 is 2.35 bits per heavy atom. The molecule has 11 heteroatoms. The quantitative estimate of drug-likeness (QED) is 0.547. The molecule has 142 valence electrons. The molecule has 0 fully saturated rings. The number of carboxylic acid groups (broad SMARTS) is 1. The van der Waals surface area contributed by atoms with E-state index in [9.17, 15) is 13.2 Å². The van der Waals surface area contributed by atoms with Gasteiger partial charge >= 0.3 is 11.2 Å². The van der Waals surface area contributed by atoms with E-state index in [0.29, 0.717) is 24.5 Å². The second-order valence-corrected chi connectivity index (χ2v) is 6.97. The van der Waals surface area contributed by atoms with Crippen LogP contribution in [0.4, 0.5) is 0 Å². The van der Waals surface area contributed by atoms with Gasteiger partial charge in [-0.1, -0.05) is 5.10 Å². The Bertz CT molecular complexity index is 816. The normalized spacial score (nSPS) is 11.4. The zero-order chi connectivity index (χ0) is 19.0. The summed E-state index contributed by atoms with van der Waals surface area (Å²) in [5.41, 5.74) is 0.562. The molecule has 0 saturated carbocycles. The molecule has 0 unspecified atom stereocenters. The minimum absolute atomic E-state index is 0.0988. The molecule has 10 nitrogen and oxygen atoms in total. The summed E-state index contributed by atoms with van der Waals surface area (Å²) < 4.78 is 43.3. The molecule has 1 heterocycles. The van der Waals surface area contributed by atoms with Crippen molar-refractivity contribution in [1.82, 2.24) is 10.2 Å². The number of hydrogen-bond donors (Lipinski definition) is 1. The fourth-order valence-corrected chi connectivity index (χ4v) is 2.19. The van der Waals surface area contributed by atoms with Crippen molar-refractivity contribution in [1.29, 1.82) is 0 Å². The van der Waals surface area contributed by atoms with Crippen molar-refractivity contribution in [2.24, 2.45) is 0 Å². The molecular weight excluding hydrogens is 368 g/mol. The Labute approximate surface area is 149 Å². The van der Waals surface area contributed by atoms with Crippen LogP contribution >= 0.6 is 0 Å². The molecule has 1 aromatic heterocycles. The number of ether oxygens (including phenoxy) is 3. The van der Waals surface area contributed by atoms with Gasteiger partial charge in [0.2, 0.25) is 15.7 Å². The molecule has 2 aromatic rings. The van der Waals surface area contributed by atoms with Crippen LogP contribution in [-0.2, 0) is 24.1 Å². The molecule has 0 bridgehead atoms. The SMILES string of the molecule is CS(=O)(=O)c1nnc(-c2ccc(OCCOCCOCC(=O)O)cc2)o1. The number of hydrogen-bond acceptors (Lipinski definition) is 9. The number of carbonyl (C=O) groups is 1. The van der Waals surface area contributed by atoms with Crippen molar-refractivity contribution >= 4 is 15.8 Å². The molecule has 0 spiro atoms. The minimum atomic E-state index is -3.54. The van der Waals surface area contributed by atoms with Crippen LogP contribution in [0.1, 0.15) is 0 Å². The maximum absolute atomic E-state index is 11.3. The summed E-state index contributed by atoms with van der Waals surface area (Å²) in [5, 5.41) is 15.1. The fraction of sp³-hybridized carbons (Fsp3) is 0.400. The first-order valence-corrected chi connectivity index (χ1v) is 9.39. The Morgan fingerprint density at radius 1 is 1.08 bits per heavy atom. The molecule has 0 amide bonds. The third-order valence-electron chi connectivity index (χ3n) is 2.92. The molecule has 0 aliphatic carbocycles. The van der Waals surface area contributed by atoms with Gasteiger partial charge in [0, 0.05) is 11.8 Å². The fourth-order valence-electron chi connectivity index (χ4n) is 1.77. The number of carboxylic acids is 1. The van der Waals surface area contributed by atoms with Gasteiger partial charge in [-0.15, -0.1) is 5.10 Å². The lowest BCUT2D eigenvalue weighted by Crippen LogP contribution is -2.13. The third kappa shape index (κ3) is 6.43. The van der Waals surface area contributed by atoms with E-state index in [1.807, 2.05) is 0 Å². The molecular formula is C15H18N2O8S. The first-order valence-electron chi connectivity index (χ1n) is 7.50. The monoisotopic (exact) mass is 386 g/mol. The van der Waals surface area contributed by atoms with Crippen LogP contribution in [0.5, 0.6) is 5.75 Å².